The number of hydrogen-bond acceptors (Lipinski definition) is 10. The summed E-state index contributed by atoms with van der Waals surface area (Å²) in [5.41, 5.74) is 0.757. The molecule has 4 N–H and O–H groups in total. The molecule has 2 aromatic carbocycles. The Morgan fingerprint density at radius 1 is 1.02 bits per heavy atom. The van der Waals surface area contributed by atoms with Crippen LogP contribution >= 0.6 is 35.0 Å². The minimum absolute atomic E-state index is 0.00464. The van der Waals surface area contributed by atoms with E-state index in [1.807, 2.05) is 6.07 Å². The number of ketones is 1. The highest BCUT2D eigenvalue weighted by molar-refractivity contribution is 7.99. The van der Waals surface area contributed by atoms with Gasteiger partial charge in [-0.05, 0) is 46.8 Å². The van der Waals surface area contributed by atoms with Gasteiger partial charge in [0.15, 0.2) is 5.78 Å². The normalized spacial score (nSPS) is 12.1. The standard InChI is InChI=1S/C25H25Cl2N7O7S/c1-14(29-20(36)11-28-25(40)41-13-15-6-3-2-4-7-15)23(39)30-18(10-21(37)38)19(35)12-34-24(31-32-33-34)42-22-16(26)8-5-9-17(22)27/h2-9,14,18H,10-13H2,1H3,(H,28,40)(H,29,36)(H,30,39)(H,37,38). The molecule has 0 radical (unpaired) electrons. The third-order valence-corrected chi connectivity index (χ3v) is 7.35. The Labute approximate surface area is 253 Å². The summed E-state index contributed by atoms with van der Waals surface area (Å²) in [5.74, 6) is -3.61. The fourth-order valence-corrected chi connectivity index (χ4v) is 4.73. The molecule has 2 atom stereocenters. The Kier molecular flexibility index (Phi) is 12.1. The first kappa shape index (κ1) is 32.3. The van der Waals surface area contributed by atoms with E-state index >= 15 is 0 Å². The molecule has 42 heavy (non-hydrogen) atoms. The first-order chi connectivity index (χ1) is 20.0. The van der Waals surface area contributed by atoms with Crippen molar-refractivity contribution < 1.29 is 33.8 Å². The number of carbonyl (C=O) groups excluding carboxylic acids is 4. The summed E-state index contributed by atoms with van der Waals surface area (Å²) in [6.45, 7) is 0.362. The fourth-order valence-electron chi connectivity index (χ4n) is 3.30. The zero-order valence-electron chi connectivity index (χ0n) is 22.0. The number of carboxylic acids is 1. The molecule has 0 fully saturated rings. The van der Waals surface area contributed by atoms with Gasteiger partial charge < -0.3 is 25.8 Å². The molecule has 3 amide bonds. The maximum atomic E-state index is 13.0. The largest absolute Gasteiger partial charge is 0.481 e. The topological polar surface area (TPSA) is 194 Å². The van der Waals surface area contributed by atoms with Gasteiger partial charge in [0, 0.05) is 0 Å². The first-order valence-corrected chi connectivity index (χ1v) is 13.8. The van der Waals surface area contributed by atoms with E-state index in [1.54, 1.807) is 42.5 Å². The zero-order chi connectivity index (χ0) is 30.6. The highest BCUT2D eigenvalue weighted by Crippen LogP contribution is 2.37. The van der Waals surface area contributed by atoms with Crippen molar-refractivity contribution in [3.8, 4) is 0 Å². The third-order valence-electron chi connectivity index (χ3n) is 5.38. The average Bonchev–Trinajstić information content (AvgIpc) is 3.38. The Morgan fingerprint density at radius 2 is 1.71 bits per heavy atom. The Balaban J connectivity index is 1.53. The Morgan fingerprint density at radius 3 is 2.38 bits per heavy atom. The quantitative estimate of drug-likeness (QED) is 0.202. The van der Waals surface area contributed by atoms with Crippen molar-refractivity contribution in [2.45, 2.75) is 48.6 Å². The summed E-state index contributed by atoms with van der Waals surface area (Å²) in [5, 5.41) is 28.2. The lowest BCUT2D eigenvalue weighted by atomic mass is 10.1. The number of hydrogen-bond donors (Lipinski definition) is 4. The summed E-state index contributed by atoms with van der Waals surface area (Å²) >= 11 is 13.4. The van der Waals surface area contributed by atoms with Crippen LogP contribution in [-0.4, -0.2) is 73.6 Å². The highest BCUT2D eigenvalue weighted by atomic mass is 35.5. The molecule has 0 aliphatic heterocycles. The maximum Gasteiger partial charge on any atom is 0.407 e. The maximum absolute atomic E-state index is 13.0. The monoisotopic (exact) mass is 637 g/mol. The van der Waals surface area contributed by atoms with Crippen LogP contribution in [0.1, 0.15) is 18.9 Å². The molecule has 3 rings (SSSR count). The first-order valence-electron chi connectivity index (χ1n) is 12.2. The van der Waals surface area contributed by atoms with Gasteiger partial charge in [-0.25, -0.2) is 9.48 Å². The lowest BCUT2D eigenvalue weighted by Gasteiger charge is -2.20. The van der Waals surface area contributed by atoms with Gasteiger partial charge in [-0.1, -0.05) is 59.6 Å². The van der Waals surface area contributed by atoms with Crippen LogP contribution in [0.4, 0.5) is 4.79 Å². The Bertz CT molecular complexity index is 1420. The lowest BCUT2D eigenvalue weighted by molar-refractivity contribution is -0.140. The molecule has 0 spiro atoms. The van der Waals surface area contributed by atoms with Crippen LogP contribution in [0.15, 0.2) is 58.6 Å². The van der Waals surface area contributed by atoms with E-state index in [9.17, 15) is 29.1 Å². The summed E-state index contributed by atoms with van der Waals surface area (Å²) in [4.78, 5) is 61.6. The second kappa shape index (κ2) is 15.7. The lowest BCUT2D eigenvalue weighted by Crippen LogP contribution is -2.52. The van der Waals surface area contributed by atoms with Crippen LogP contribution in [0.5, 0.6) is 0 Å². The molecule has 0 saturated heterocycles. The van der Waals surface area contributed by atoms with Crippen molar-refractivity contribution in [2.75, 3.05) is 6.54 Å². The number of ether oxygens (including phenoxy) is 1. The van der Waals surface area contributed by atoms with Crippen molar-refractivity contribution in [1.82, 2.24) is 36.2 Å². The van der Waals surface area contributed by atoms with Crippen LogP contribution in [0, 0.1) is 0 Å². The summed E-state index contributed by atoms with van der Waals surface area (Å²) in [6, 6.07) is 11.1. The predicted octanol–water partition coefficient (Wildman–Crippen LogP) is 2.09. The van der Waals surface area contributed by atoms with Gasteiger partial charge in [-0.2, -0.15) is 0 Å². The summed E-state index contributed by atoms with van der Waals surface area (Å²) in [6.07, 6.45) is -1.57. The molecule has 3 aromatic rings. The van der Waals surface area contributed by atoms with Gasteiger partial charge in [0.2, 0.25) is 17.0 Å². The van der Waals surface area contributed by atoms with Crippen LogP contribution in [-0.2, 0) is 37.1 Å². The molecule has 0 aliphatic carbocycles. The van der Waals surface area contributed by atoms with Gasteiger partial charge in [0.25, 0.3) is 0 Å². The van der Waals surface area contributed by atoms with Crippen LogP contribution < -0.4 is 16.0 Å². The number of nitrogens with one attached hydrogen (secondary N) is 3. The SMILES string of the molecule is CC(NC(=O)CNC(=O)OCc1ccccc1)C(=O)NC(CC(=O)O)C(=O)Cn1nnnc1Sc1c(Cl)cccc1Cl. The number of benzene rings is 2. The van der Waals surface area contributed by atoms with Gasteiger partial charge >= 0.3 is 12.1 Å². The smallest absolute Gasteiger partial charge is 0.407 e. The number of amides is 3. The molecule has 1 heterocycles. The number of rotatable bonds is 14. The number of aliphatic carboxylic acids is 1. The molecule has 222 valence electrons. The average molecular weight is 638 g/mol. The summed E-state index contributed by atoms with van der Waals surface area (Å²) < 4.78 is 6.12. The minimum atomic E-state index is -1.47. The number of aromatic nitrogens is 4. The van der Waals surface area contributed by atoms with E-state index in [2.05, 4.69) is 31.5 Å². The number of tetrazole rings is 1. The molecule has 17 heteroatoms. The molecule has 0 saturated carbocycles. The molecule has 0 bridgehead atoms. The second-order valence-electron chi connectivity index (χ2n) is 8.60. The number of carbonyl (C=O) groups is 5. The van der Waals surface area contributed by atoms with Crippen molar-refractivity contribution in [1.29, 1.82) is 0 Å². The van der Waals surface area contributed by atoms with Crippen LogP contribution in [0.25, 0.3) is 0 Å². The second-order valence-corrected chi connectivity index (χ2v) is 10.4. The van der Waals surface area contributed by atoms with Gasteiger partial charge in [0.05, 0.1) is 27.4 Å². The van der Waals surface area contributed by atoms with Crippen LogP contribution in [0.2, 0.25) is 10.0 Å². The third kappa shape index (κ3) is 10.0. The van der Waals surface area contributed by atoms with Crippen molar-refractivity contribution >= 4 is 64.6 Å². The number of alkyl carbamates (subject to hydrolysis) is 1. The Hall–Kier alpha value is -4.21. The molecule has 1 aromatic heterocycles. The molecule has 2 unspecified atom stereocenters. The minimum Gasteiger partial charge on any atom is -0.481 e. The number of halogens is 2. The molecule has 14 nitrogen and oxygen atoms in total. The zero-order valence-corrected chi connectivity index (χ0v) is 24.3. The summed E-state index contributed by atoms with van der Waals surface area (Å²) in [7, 11) is 0. The molecular formula is C25H25Cl2N7O7S. The highest BCUT2D eigenvalue weighted by Gasteiger charge is 2.28. The van der Waals surface area contributed by atoms with E-state index in [-0.39, 0.29) is 11.8 Å². The van der Waals surface area contributed by atoms with Gasteiger partial charge in [-0.3, -0.25) is 19.2 Å². The van der Waals surface area contributed by atoms with Crippen molar-refractivity contribution in [2.24, 2.45) is 0 Å². The number of nitrogens with zero attached hydrogens (tertiary/aromatic N) is 4. The van der Waals surface area contributed by atoms with Gasteiger partial charge in [0.1, 0.15) is 25.7 Å². The number of Topliss-reactive ketones (excluding diaryl/α,β-unsaturated/α-hetero) is 1. The molecular weight excluding hydrogens is 613 g/mol. The van der Waals surface area contributed by atoms with Crippen LogP contribution in [0.3, 0.4) is 0 Å². The number of carboxylic acid groups (broad SMARTS) is 1. The van der Waals surface area contributed by atoms with E-state index in [0.29, 0.717) is 14.9 Å². The van der Waals surface area contributed by atoms with E-state index in [1.165, 1.54) is 6.92 Å². The van der Waals surface area contributed by atoms with Crippen molar-refractivity contribution in [3.63, 3.8) is 0 Å². The van der Waals surface area contributed by atoms with E-state index < -0.39 is 61.3 Å². The molecule has 0 aliphatic rings. The van der Waals surface area contributed by atoms with Gasteiger partial charge in [-0.15, -0.1) is 5.10 Å². The van der Waals surface area contributed by atoms with E-state index in [4.69, 9.17) is 27.9 Å². The predicted molar refractivity (Wildman–Crippen MR) is 150 cm³/mol. The van der Waals surface area contributed by atoms with E-state index in [0.717, 1.165) is 22.0 Å². The van der Waals surface area contributed by atoms with Crippen molar-refractivity contribution in [3.05, 3.63) is 64.1 Å². The fraction of sp³-hybridized carbons (Fsp3) is 0.280.